The van der Waals surface area contributed by atoms with Crippen molar-refractivity contribution in [3.63, 3.8) is 0 Å². The molecule has 0 bridgehead atoms. The standard InChI is InChI=1S/C23H33NOSi/c1-5-7-23(25)24-18-21-13-15-22(16-14-21)26(3,4)17-6-8-20-11-9-19(2)10-12-20/h9-16H,5-8,17-18H2,1-4H3,(H,24,25). The molecule has 2 aromatic carbocycles. The summed E-state index contributed by atoms with van der Waals surface area (Å²) < 4.78 is 0. The zero-order valence-electron chi connectivity index (χ0n) is 16.8. The zero-order valence-corrected chi connectivity index (χ0v) is 17.8. The lowest BCUT2D eigenvalue weighted by Crippen LogP contribution is -2.41. The van der Waals surface area contributed by atoms with Gasteiger partial charge in [-0.1, -0.05) is 91.8 Å². The number of aryl methyl sites for hydroxylation is 2. The molecule has 2 aromatic rings. The molecule has 0 aromatic heterocycles. The number of rotatable bonds is 9. The Balaban J connectivity index is 1.85. The molecule has 0 saturated heterocycles. The molecule has 0 unspecified atom stereocenters. The maximum absolute atomic E-state index is 11.6. The molecule has 0 aliphatic rings. The van der Waals surface area contributed by atoms with E-state index in [0.717, 1.165) is 12.8 Å². The van der Waals surface area contributed by atoms with E-state index < -0.39 is 8.07 Å². The van der Waals surface area contributed by atoms with E-state index >= 15 is 0 Å². The topological polar surface area (TPSA) is 29.1 Å². The van der Waals surface area contributed by atoms with Crippen LogP contribution in [0.25, 0.3) is 0 Å². The van der Waals surface area contributed by atoms with Gasteiger partial charge in [0.15, 0.2) is 0 Å². The molecule has 0 aliphatic heterocycles. The molecule has 140 valence electrons. The van der Waals surface area contributed by atoms with Gasteiger partial charge >= 0.3 is 0 Å². The normalized spacial score (nSPS) is 11.4. The maximum Gasteiger partial charge on any atom is 0.220 e. The highest BCUT2D eigenvalue weighted by atomic mass is 28.3. The lowest BCUT2D eigenvalue weighted by molar-refractivity contribution is -0.121. The van der Waals surface area contributed by atoms with Crippen LogP contribution < -0.4 is 10.5 Å². The highest BCUT2D eigenvalue weighted by Crippen LogP contribution is 2.16. The number of hydrogen-bond acceptors (Lipinski definition) is 1. The number of carbonyl (C=O) groups is 1. The smallest absolute Gasteiger partial charge is 0.220 e. The van der Waals surface area contributed by atoms with Crippen molar-refractivity contribution in [1.82, 2.24) is 5.32 Å². The summed E-state index contributed by atoms with van der Waals surface area (Å²) in [6, 6.07) is 19.1. The Hall–Kier alpha value is -1.87. The first-order chi connectivity index (χ1) is 12.4. The fourth-order valence-electron chi connectivity index (χ4n) is 3.22. The molecule has 0 fully saturated rings. The SMILES string of the molecule is CCCC(=O)NCc1ccc([Si](C)(C)CCCc2ccc(C)cc2)cc1. The van der Waals surface area contributed by atoms with Crippen LogP contribution in [0.2, 0.25) is 19.1 Å². The van der Waals surface area contributed by atoms with Crippen LogP contribution in [0.3, 0.4) is 0 Å². The van der Waals surface area contributed by atoms with Crippen LogP contribution in [0.1, 0.15) is 42.9 Å². The van der Waals surface area contributed by atoms with Gasteiger partial charge in [0, 0.05) is 13.0 Å². The minimum atomic E-state index is -1.41. The van der Waals surface area contributed by atoms with Crippen LogP contribution >= 0.6 is 0 Å². The van der Waals surface area contributed by atoms with Gasteiger partial charge in [-0.25, -0.2) is 0 Å². The van der Waals surface area contributed by atoms with Crippen LogP contribution in [0.5, 0.6) is 0 Å². The van der Waals surface area contributed by atoms with Crippen LogP contribution in [-0.4, -0.2) is 14.0 Å². The van der Waals surface area contributed by atoms with Crippen LogP contribution in [0.15, 0.2) is 48.5 Å². The van der Waals surface area contributed by atoms with Gasteiger partial charge in [0.25, 0.3) is 0 Å². The average Bonchev–Trinajstić information content (AvgIpc) is 2.62. The van der Waals surface area contributed by atoms with Crippen molar-refractivity contribution in [2.45, 2.75) is 65.2 Å². The van der Waals surface area contributed by atoms with Crippen molar-refractivity contribution in [2.75, 3.05) is 0 Å². The average molecular weight is 368 g/mol. The first-order valence-electron chi connectivity index (χ1n) is 9.82. The van der Waals surface area contributed by atoms with Crippen LogP contribution in [0, 0.1) is 6.92 Å². The summed E-state index contributed by atoms with van der Waals surface area (Å²) in [5.74, 6) is 0.141. The minimum absolute atomic E-state index is 0.141. The summed E-state index contributed by atoms with van der Waals surface area (Å²) in [7, 11) is -1.41. The van der Waals surface area contributed by atoms with Gasteiger partial charge in [-0.15, -0.1) is 0 Å². The lowest BCUT2D eigenvalue weighted by atomic mass is 10.1. The summed E-state index contributed by atoms with van der Waals surface area (Å²) in [4.78, 5) is 11.6. The number of hydrogen-bond donors (Lipinski definition) is 1. The molecule has 0 radical (unpaired) electrons. The molecule has 1 amide bonds. The van der Waals surface area contributed by atoms with E-state index in [0.29, 0.717) is 13.0 Å². The number of amides is 1. The first-order valence-corrected chi connectivity index (χ1v) is 13.0. The van der Waals surface area contributed by atoms with Crippen molar-refractivity contribution in [3.8, 4) is 0 Å². The minimum Gasteiger partial charge on any atom is -0.352 e. The third-order valence-corrected chi connectivity index (χ3v) is 8.59. The Morgan fingerprint density at radius 2 is 1.58 bits per heavy atom. The summed E-state index contributed by atoms with van der Waals surface area (Å²) in [5, 5.41) is 4.49. The van der Waals surface area contributed by atoms with Crippen molar-refractivity contribution in [2.24, 2.45) is 0 Å². The highest BCUT2D eigenvalue weighted by molar-refractivity contribution is 6.89. The van der Waals surface area contributed by atoms with E-state index in [4.69, 9.17) is 0 Å². The molecule has 0 saturated carbocycles. The van der Waals surface area contributed by atoms with Gasteiger partial charge in [-0.3, -0.25) is 4.79 Å². The largest absolute Gasteiger partial charge is 0.352 e. The van der Waals surface area contributed by atoms with E-state index in [-0.39, 0.29) is 5.91 Å². The highest BCUT2D eigenvalue weighted by Gasteiger charge is 2.22. The quantitative estimate of drug-likeness (QED) is 0.624. The van der Waals surface area contributed by atoms with E-state index in [2.05, 4.69) is 73.9 Å². The first kappa shape index (κ1) is 20.4. The Morgan fingerprint density at radius 3 is 2.19 bits per heavy atom. The van der Waals surface area contributed by atoms with Gasteiger partial charge in [0.05, 0.1) is 8.07 Å². The van der Waals surface area contributed by atoms with Crippen molar-refractivity contribution >= 4 is 19.2 Å². The van der Waals surface area contributed by atoms with Gasteiger partial charge < -0.3 is 5.32 Å². The molecule has 1 N–H and O–H groups in total. The van der Waals surface area contributed by atoms with Gasteiger partial charge in [0.2, 0.25) is 5.91 Å². The van der Waals surface area contributed by atoms with E-state index in [9.17, 15) is 4.79 Å². The second kappa shape index (κ2) is 9.72. The Kier molecular flexibility index (Phi) is 7.64. The second-order valence-corrected chi connectivity index (χ2v) is 12.8. The molecular formula is C23H33NOSi. The second-order valence-electron chi connectivity index (χ2n) is 7.95. The molecular weight excluding hydrogens is 334 g/mol. The maximum atomic E-state index is 11.6. The van der Waals surface area contributed by atoms with E-state index in [1.54, 1.807) is 0 Å². The molecule has 0 aliphatic carbocycles. The van der Waals surface area contributed by atoms with Crippen molar-refractivity contribution in [1.29, 1.82) is 0 Å². The molecule has 2 nitrogen and oxygen atoms in total. The van der Waals surface area contributed by atoms with Gasteiger partial charge in [-0.2, -0.15) is 0 Å². The fourth-order valence-corrected chi connectivity index (χ4v) is 5.64. The Bertz CT molecular complexity index is 689. The molecule has 0 heterocycles. The monoisotopic (exact) mass is 367 g/mol. The van der Waals surface area contributed by atoms with Crippen LogP contribution in [0.4, 0.5) is 0 Å². The van der Waals surface area contributed by atoms with Crippen LogP contribution in [-0.2, 0) is 17.8 Å². The summed E-state index contributed by atoms with van der Waals surface area (Å²) >= 11 is 0. The third kappa shape index (κ3) is 6.45. The fraction of sp³-hybridized carbons (Fsp3) is 0.435. The molecule has 3 heteroatoms. The molecule has 26 heavy (non-hydrogen) atoms. The summed E-state index contributed by atoms with van der Waals surface area (Å²) in [6.07, 6.45) is 3.92. The predicted molar refractivity (Wildman–Crippen MR) is 115 cm³/mol. The summed E-state index contributed by atoms with van der Waals surface area (Å²) in [6.45, 7) is 9.72. The van der Waals surface area contributed by atoms with E-state index in [1.165, 1.54) is 34.3 Å². The number of benzene rings is 2. The Labute approximate surface area is 160 Å². The Morgan fingerprint density at radius 1 is 0.962 bits per heavy atom. The van der Waals surface area contributed by atoms with Gasteiger partial charge in [0.1, 0.15) is 0 Å². The predicted octanol–water partition coefficient (Wildman–Crippen LogP) is 4.96. The van der Waals surface area contributed by atoms with E-state index in [1.807, 2.05) is 6.92 Å². The molecule has 0 spiro atoms. The zero-order chi connectivity index (χ0) is 19.0. The van der Waals surface area contributed by atoms with Crippen molar-refractivity contribution < 1.29 is 4.79 Å². The number of nitrogens with one attached hydrogen (secondary N) is 1. The van der Waals surface area contributed by atoms with Crippen molar-refractivity contribution in [3.05, 3.63) is 65.2 Å². The van der Waals surface area contributed by atoms with Gasteiger partial charge in [-0.05, 0) is 30.9 Å². The number of carbonyl (C=O) groups excluding carboxylic acids is 1. The summed E-state index contributed by atoms with van der Waals surface area (Å²) in [5.41, 5.74) is 3.95. The lowest BCUT2D eigenvalue weighted by Gasteiger charge is -2.23. The molecule has 2 rings (SSSR count). The third-order valence-electron chi connectivity index (χ3n) is 5.09. The molecule has 0 atom stereocenters.